The Morgan fingerprint density at radius 2 is 1.73 bits per heavy atom. The van der Waals surface area contributed by atoms with E-state index in [1.54, 1.807) is 0 Å². The summed E-state index contributed by atoms with van der Waals surface area (Å²) in [6.45, 7) is 6.57. The van der Waals surface area contributed by atoms with Crippen LogP contribution in [0.4, 0.5) is 0 Å². The van der Waals surface area contributed by atoms with Gasteiger partial charge in [-0.15, -0.1) is 6.42 Å². The number of rotatable bonds is 2. The van der Waals surface area contributed by atoms with Crippen LogP contribution in [0.15, 0.2) is 23.3 Å². The topological polar surface area (TPSA) is 0 Å². The van der Waals surface area contributed by atoms with E-state index in [4.69, 9.17) is 6.42 Å². The van der Waals surface area contributed by atoms with Crippen LogP contribution >= 0.6 is 0 Å². The van der Waals surface area contributed by atoms with Gasteiger partial charge in [0.15, 0.2) is 0 Å². The van der Waals surface area contributed by atoms with Gasteiger partial charge in [-0.25, -0.2) is 0 Å². The highest BCUT2D eigenvalue weighted by atomic mass is 14.2. The first-order valence-corrected chi connectivity index (χ1v) is 5.95. The highest BCUT2D eigenvalue weighted by molar-refractivity contribution is 5.28. The summed E-state index contributed by atoms with van der Waals surface area (Å²) >= 11 is 0. The zero-order valence-corrected chi connectivity index (χ0v) is 10.2. The van der Waals surface area contributed by atoms with Crippen LogP contribution in [-0.4, -0.2) is 0 Å². The zero-order valence-electron chi connectivity index (χ0n) is 10.2. The fourth-order valence-electron chi connectivity index (χ4n) is 2.16. The minimum absolute atomic E-state index is 0.794. The maximum atomic E-state index is 5.31. The van der Waals surface area contributed by atoms with Crippen LogP contribution < -0.4 is 0 Å². The van der Waals surface area contributed by atoms with Crippen LogP contribution in [0.3, 0.4) is 0 Å². The first-order chi connectivity index (χ1) is 7.13. The largest absolute Gasteiger partial charge is 0.115 e. The van der Waals surface area contributed by atoms with Crippen LogP contribution in [0, 0.1) is 24.2 Å². The SMILES string of the molecule is C#CC(C)=CC=C(C)C1CCC(C)CC1. The Morgan fingerprint density at radius 1 is 1.13 bits per heavy atom. The van der Waals surface area contributed by atoms with Gasteiger partial charge < -0.3 is 0 Å². The minimum atomic E-state index is 0.794. The Labute approximate surface area is 94.5 Å². The average Bonchev–Trinajstić information content (AvgIpc) is 2.26. The number of hydrogen-bond acceptors (Lipinski definition) is 0. The Kier molecular flexibility index (Phi) is 4.69. The van der Waals surface area contributed by atoms with E-state index in [0.717, 1.165) is 17.4 Å². The van der Waals surface area contributed by atoms with Crippen molar-refractivity contribution in [3.05, 3.63) is 23.3 Å². The van der Waals surface area contributed by atoms with Gasteiger partial charge in [0.2, 0.25) is 0 Å². The van der Waals surface area contributed by atoms with Crippen molar-refractivity contribution in [3.8, 4) is 12.3 Å². The van der Waals surface area contributed by atoms with E-state index < -0.39 is 0 Å². The van der Waals surface area contributed by atoms with Crippen molar-refractivity contribution in [1.29, 1.82) is 0 Å². The third-order valence-corrected chi connectivity index (χ3v) is 3.48. The predicted molar refractivity (Wildman–Crippen MR) is 67.5 cm³/mol. The predicted octanol–water partition coefficient (Wildman–Crippen LogP) is 4.34. The molecule has 0 spiro atoms. The van der Waals surface area contributed by atoms with E-state index in [0.29, 0.717) is 0 Å². The van der Waals surface area contributed by atoms with E-state index in [-0.39, 0.29) is 0 Å². The number of hydrogen-bond donors (Lipinski definition) is 0. The summed E-state index contributed by atoms with van der Waals surface area (Å²) in [5.74, 6) is 4.37. The number of terminal acetylenes is 1. The summed E-state index contributed by atoms with van der Waals surface area (Å²) in [4.78, 5) is 0. The molecule has 0 heteroatoms. The molecule has 0 N–H and O–H groups in total. The summed E-state index contributed by atoms with van der Waals surface area (Å²) in [6.07, 6.45) is 15.0. The molecule has 0 aliphatic heterocycles. The van der Waals surface area contributed by atoms with Gasteiger partial charge >= 0.3 is 0 Å². The smallest absolute Gasteiger partial charge is 0.00135 e. The lowest BCUT2D eigenvalue weighted by Gasteiger charge is -2.26. The maximum absolute atomic E-state index is 5.31. The van der Waals surface area contributed by atoms with Crippen molar-refractivity contribution in [2.75, 3.05) is 0 Å². The lowest BCUT2D eigenvalue weighted by Crippen LogP contribution is -2.13. The Bertz CT molecular complexity index is 290. The molecule has 82 valence electrons. The molecule has 0 unspecified atom stereocenters. The molecule has 0 aromatic rings. The summed E-state index contributed by atoms with van der Waals surface area (Å²) in [7, 11) is 0. The molecule has 0 atom stereocenters. The molecule has 0 bridgehead atoms. The molecule has 1 aliphatic rings. The third-order valence-electron chi connectivity index (χ3n) is 3.48. The van der Waals surface area contributed by atoms with Crippen LogP contribution in [0.2, 0.25) is 0 Å². The van der Waals surface area contributed by atoms with Crippen molar-refractivity contribution in [2.24, 2.45) is 11.8 Å². The van der Waals surface area contributed by atoms with Crippen molar-refractivity contribution in [1.82, 2.24) is 0 Å². The molecule has 1 aliphatic carbocycles. The van der Waals surface area contributed by atoms with Gasteiger partial charge in [0.25, 0.3) is 0 Å². The van der Waals surface area contributed by atoms with Crippen molar-refractivity contribution in [3.63, 3.8) is 0 Å². The molecule has 0 aromatic carbocycles. The van der Waals surface area contributed by atoms with Gasteiger partial charge in [-0.3, -0.25) is 0 Å². The summed E-state index contributed by atoms with van der Waals surface area (Å²) < 4.78 is 0. The molecule has 1 saturated carbocycles. The van der Waals surface area contributed by atoms with Crippen LogP contribution in [-0.2, 0) is 0 Å². The van der Waals surface area contributed by atoms with E-state index in [2.05, 4.69) is 31.9 Å². The van der Waals surface area contributed by atoms with Crippen molar-refractivity contribution >= 4 is 0 Å². The van der Waals surface area contributed by atoms with Crippen LogP contribution in [0.25, 0.3) is 0 Å². The van der Waals surface area contributed by atoms with Gasteiger partial charge in [0.1, 0.15) is 0 Å². The second-order valence-corrected chi connectivity index (χ2v) is 4.86. The number of allylic oxidation sites excluding steroid dienone is 4. The van der Waals surface area contributed by atoms with E-state index >= 15 is 0 Å². The van der Waals surface area contributed by atoms with Gasteiger partial charge in [0, 0.05) is 0 Å². The molecular formula is C15H22. The van der Waals surface area contributed by atoms with Crippen molar-refractivity contribution in [2.45, 2.75) is 46.5 Å². The molecule has 0 radical (unpaired) electrons. The fourth-order valence-corrected chi connectivity index (χ4v) is 2.16. The minimum Gasteiger partial charge on any atom is -0.115 e. The van der Waals surface area contributed by atoms with Gasteiger partial charge in [-0.05, 0) is 44.1 Å². The van der Waals surface area contributed by atoms with Crippen LogP contribution in [0.5, 0.6) is 0 Å². The lowest BCUT2D eigenvalue weighted by atomic mass is 9.79. The lowest BCUT2D eigenvalue weighted by molar-refractivity contribution is 0.320. The molecule has 0 heterocycles. The second-order valence-electron chi connectivity index (χ2n) is 4.86. The Balaban J connectivity index is 2.54. The molecule has 1 fully saturated rings. The highest BCUT2D eigenvalue weighted by Crippen LogP contribution is 2.32. The third kappa shape index (κ3) is 3.96. The Morgan fingerprint density at radius 3 is 2.27 bits per heavy atom. The van der Waals surface area contributed by atoms with E-state index in [1.165, 1.54) is 31.3 Å². The van der Waals surface area contributed by atoms with Gasteiger partial charge in [-0.2, -0.15) is 0 Å². The highest BCUT2D eigenvalue weighted by Gasteiger charge is 2.18. The molecular weight excluding hydrogens is 180 g/mol. The zero-order chi connectivity index (χ0) is 11.3. The quantitative estimate of drug-likeness (QED) is 0.461. The average molecular weight is 202 g/mol. The van der Waals surface area contributed by atoms with Crippen molar-refractivity contribution < 1.29 is 0 Å². The summed E-state index contributed by atoms with van der Waals surface area (Å²) in [5.41, 5.74) is 2.51. The normalized spacial score (nSPS) is 28.7. The molecule has 0 saturated heterocycles. The second kappa shape index (κ2) is 5.81. The fraction of sp³-hybridized carbons (Fsp3) is 0.600. The molecule has 0 amide bonds. The van der Waals surface area contributed by atoms with Crippen LogP contribution in [0.1, 0.15) is 46.5 Å². The van der Waals surface area contributed by atoms with E-state index in [1.807, 2.05) is 6.92 Å². The maximum Gasteiger partial charge on any atom is -0.00135 e. The molecule has 1 rings (SSSR count). The van der Waals surface area contributed by atoms with Gasteiger partial charge in [0.05, 0.1) is 0 Å². The summed E-state index contributed by atoms with van der Waals surface area (Å²) in [6, 6.07) is 0. The molecule has 15 heavy (non-hydrogen) atoms. The first-order valence-electron chi connectivity index (χ1n) is 5.95. The van der Waals surface area contributed by atoms with Gasteiger partial charge in [-0.1, -0.05) is 43.4 Å². The first kappa shape index (κ1) is 12.1. The van der Waals surface area contributed by atoms with E-state index in [9.17, 15) is 0 Å². The standard InChI is InChI=1S/C15H22/c1-5-12(2)6-9-14(4)15-10-7-13(3)8-11-15/h1,6,9,13,15H,7-8,10-11H2,2-4H3. The molecule has 0 aromatic heterocycles. The summed E-state index contributed by atoms with van der Waals surface area (Å²) in [5, 5.41) is 0. The molecule has 0 nitrogen and oxygen atoms in total. The monoisotopic (exact) mass is 202 g/mol. The Hall–Kier alpha value is -0.960.